The highest BCUT2D eigenvalue weighted by molar-refractivity contribution is 7.10. The molecular weight excluding hydrogens is 253 g/mol. The van der Waals surface area contributed by atoms with Crippen LogP contribution < -0.4 is 5.32 Å². The lowest BCUT2D eigenvalue weighted by molar-refractivity contribution is -0.100. The van der Waals surface area contributed by atoms with Gasteiger partial charge >= 0.3 is 0 Å². The van der Waals surface area contributed by atoms with E-state index in [0.717, 1.165) is 43.2 Å². The topological polar surface area (TPSA) is 30.5 Å². The van der Waals surface area contributed by atoms with Crippen LogP contribution in [0.5, 0.6) is 0 Å². The number of nitrogens with one attached hydrogen (secondary N) is 1. The molecule has 1 atom stereocenters. The van der Waals surface area contributed by atoms with Crippen molar-refractivity contribution in [2.24, 2.45) is 5.41 Å². The molecule has 0 radical (unpaired) electrons. The molecule has 0 saturated carbocycles. The van der Waals surface area contributed by atoms with Crippen molar-refractivity contribution in [1.82, 2.24) is 5.32 Å². The van der Waals surface area contributed by atoms with Gasteiger partial charge in [0.2, 0.25) is 0 Å². The lowest BCUT2D eigenvalue weighted by Crippen LogP contribution is -2.48. The Hall–Kier alpha value is -0.490. The minimum absolute atomic E-state index is 0.000838. The summed E-state index contributed by atoms with van der Waals surface area (Å²) in [5.74, 6) is 0. The molecule has 1 unspecified atom stereocenters. The molecule has 0 aliphatic carbocycles. The highest BCUT2D eigenvalue weighted by Gasteiger charge is 2.33. The van der Waals surface area contributed by atoms with Gasteiger partial charge in [-0.05, 0) is 11.6 Å². The van der Waals surface area contributed by atoms with Gasteiger partial charge in [-0.15, -0.1) is 11.3 Å². The highest BCUT2D eigenvalue weighted by Crippen LogP contribution is 2.33. The molecule has 3 nitrogen and oxygen atoms in total. The number of hydrogen-bond donors (Lipinski definition) is 1. The van der Waals surface area contributed by atoms with Crippen LogP contribution in [-0.4, -0.2) is 32.9 Å². The van der Waals surface area contributed by atoms with E-state index in [1.807, 2.05) is 0 Å². The Morgan fingerprint density at radius 1 is 1.56 bits per heavy atom. The second-order valence-corrected chi connectivity index (χ2v) is 6.56. The van der Waals surface area contributed by atoms with Gasteiger partial charge < -0.3 is 14.8 Å². The molecular formula is C13H18FNO2S. The Kier molecular flexibility index (Phi) is 3.40. The van der Waals surface area contributed by atoms with E-state index in [1.165, 1.54) is 11.3 Å². The molecule has 2 aliphatic rings. The number of halogens is 1. The van der Waals surface area contributed by atoms with Gasteiger partial charge in [0.25, 0.3) is 0 Å². The van der Waals surface area contributed by atoms with Crippen LogP contribution in [0.3, 0.4) is 0 Å². The summed E-state index contributed by atoms with van der Waals surface area (Å²) in [7, 11) is 0. The largest absolute Gasteiger partial charge is 0.380 e. The summed E-state index contributed by atoms with van der Waals surface area (Å²) in [6.07, 6.45) is 0.838. The van der Waals surface area contributed by atoms with Gasteiger partial charge in [0, 0.05) is 29.8 Å². The van der Waals surface area contributed by atoms with Crippen molar-refractivity contribution in [3.8, 4) is 0 Å². The van der Waals surface area contributed by atoms with Crippen molar-refractivity contribution < 1.29 is 13.9 Å². The van der Waals surface area contributed by atoms with Gasteiger partial charge in [0.1, 0.15) is 0 Å². The monoisotopic (exact) mass is 271 g/mol. The average molecular weight is 271 g/mol. The lowest BCUT2D eigenvalue weighted by Gasteiger charge is -2.38. The minimum Gasteiger partial charge on any atom is -0.380 e. The first-order valence-electron chi connectivity index (χ1n) is 6.34. The predicted molar refractivity (Wildman–Crippen MR) is 68.5 cm³/mol. The first kappa shape index (κ1) is 12.5. The van der Waals surface area contributed by atoms with E-state index in [2.05, 4.69) is 12.2 Å². The van der Waals surface area contributed by atoms with E-state index in [4.69, 9.17) is 9.47 Å². The van der Waals surface area contributed by atoms with Crippen LogP contribution in [-0.2, 0) is 15.9 Å². The molecule has 0 bridgehead atoms. The SMILES string of the molecule is CC1(CNCC2OCCc3sc(F)cc32)COC1. The van der Waals surface area contributed by atoms with Crippen LogP contribution in [0.1, 0.15) is 23.5 Å². The molecule has 0 aromatic carbocycles. The van der Waals surface area contributed by atoms with Crippen LogP contribution in [0.4, 0.5) is 4.39 Å². The summed E-state index contributed by atoms with van der Waals surface area (Å²) in [6.45, 7) is 6.22. The van der Waals surface area contributed by atoms with Crippen LogP contribution in [0.15, 0.2) is 6.07 Å². The number of fused-ring (bicyclic) bond motifs is 1. The number of rotatable bonds is 4. The van der Waals surface area contributed by atoms with E-state index >= 15 is 0 Å². The number of ether oxygens (including phenoxy) is 2. The molecule has 1 aromatic heterocycles. The average Bonchev–Trinajstić information content (AvgIpc) is 2.68. The quantitative estimate of drug-likeness (QED) is 0.910. The molecule has 5 heteroatoms. The Morgan fingerprint density at radius 2 is 2.39 bits per heavy atom. The minimum atomic E-state index is -0.102. The molecule has 1 fully saturated rings. The maximum Gasteiger partial charge on any atom is 0.177 e. The van der Waals surface area contributed by atoms with Crippen LogP contribution in [0, 0.1) is 10.5 Å². The summed E-state index contributed by atoms with van der Waals surface area (Å²) in [5.41, 5.74) is 1.29. The van der Waals surface area contributed by atoms with Gasteiger partial charge in [-0.2, -0.15) is 4.39 Å². The van der Waals surface area contributed by atoms with E-state index in [1.54, 1.807) is 6.07 Å². The van der Waals surface area contributed by atoms with Gasteiger partial charge in [-0.1, -0.05) is 6.92 Å². The zero-order chi connectivity index (χ0) is 12.6. The van der Waals surface area contributed by atoms with Crippen molar-refractivity contribution in [3.63, 3.8) is 0 Å². The molecule has 1 saturated heterocycles. The van der Waals surface area contributed by atoms with Crippen molar-refractivity contribution in [3.05, 3.63) is 21.6 Å². The first-order valence-corrected chi connectivity index (χ1v) is 7.16. The highest BCUT2D eigenvalue weighted by atomic mass is 32.1. The molecule has 1 N–H and O–H groups in total. The smallest absolute Gasteiger partial charge is 0.177 e. The molecule has 1 aromatic rings. The fourth-order valence-electron chi connectivity index (χ4n) is 2.49. The van der Waals surface area contributed by atoms with Crippen molar-refractivity contribution >= 4 is 11.3 Å². The molecule has 3 heterocycles. The van der Waals surface area contributed by atoms with Gasteiger partial charge in [-0.3, -0.25) is 0 Å². The summed E-state index contributed by atoms with van der Waals surface area (Å²) in [6, 6.07) is 1.62. The lowest BCUT2D eigenvalue weighted by atomic mass is 9.88. The Balaban J connectivity index is 1.57. The summed E-state index contributed by atoms with van der Waals surface area (Å²) >= 11 is 1.25. The Labute approximate surface area is 110 Å². The molecule has 100 valence electrons. The predicted octanol–water partition coefficient (Wildman–Crippen LogP) is 2.13. The molecule has 2 aliphatic heterocycles. The second-order valence-electron chi connectivity index (χ2n) is 5.47. The van der Waals surface area contributed by atoms with E-state index < -0.39 is 0 Å². The van der Waals surface area contributed by atoms with E-state index in [9.17, 15) is 4.39 Å². The third kappa shape index (κ3) is 2.45. The fourth-order valence-corrected chi connectivity index (χ4v) is 3.40. The first-order chi connectivity index (χ1) is 8.66. The van der Waals surface area contributed by atoms with Crippen molar-refractivity contribution in [1.29, 1.82) is 0 Å². The number of thiophene rings is 1. The van der Waals surface area contributed by atoms with Crippen molar-refractivity contribution in [2.75, 3.05) is 32.9 Å². The molecule has 0 spiro atoms. The zero-order valence-corrected chi connectivity index (χ0v) is 11.3. The maximum absolute atomic E-state index is 13.3. The van der Waals surface area contributed by atoms with Crippen LogP contribution >= 0.6 is 11.3 Å². The maximum atomic E-state index is 13.3. The zero-order valence-electron chi connectivity index (χ0n) is 10.5. The Bertz CT molecular complexity index is 431. The van der Waals surface area contributed by atoms with Gasteiger partial charge in [0.05, 0.1) is 25.9 Å². The normalized spacial score (nSPS) is 25.6. The third-order valence-corrected chi connectivity index (χ3v) is 4.59. The number of hydrogen-bond acceptors (Lipinski definition) is 4. The second kappa shape index (κ2) is 4.89. The standard InChI is InChI=1S/C13H18FNO2S/c1-13(7-16-8-13)6-15-5-10-9-4-12(14)18-11(9)2-3-17-10/h4,10,15H,2-3,5-8H2,1H3. The summed E-state index contributed by atoms with van der Waals surface area (Å²) in [5, 5.41) is 3.32. The summed E-state index contributed by atoms with van der Waals surface area (Å²) < 4.78 is 24.2. The molecule has 18 heavy (non-hydrogen) atoms. The van der Waals surface area contributed by atoms with Crippen LogP contribution in [0.2, 0.25) is 0 Å². The van der Waals surface area contributed by atoms with Gasteiger partial charge in [-0.25, -0.2) is 0 Å². The summed E-state index contributed by atoms with van der Waals surface area (Å²) in [4.78, 5) is 1.14. The van der Waals surface area contributed by atoms with E-state index in [-0.39, 0.29) is 16.6 Å². The van der Waals surface area contributed by atoms with Crippen LogP contribution in [0.25, 0.3) is 0 Å². The van der Waals surface area contributed by atoms with E-state index in [0.29, 0.717) is 6.61 Å². The van der Waals surface area contributed by atoms with Gasteiger partial charge in [0.15, 0.2) is 5.13 Å². The Morgan fingerprint density at radius 3 is 3.11 bits per heavy atom. The fraction of sp³-hybridized carbons (Fsp3) is 0.692. The molecule has 3 rings (SSSR count). The third-order valence-electron chi connectivity index (χ3n) is 3.59. The molecule has 0 amide bonds. The van der Waals surface area contributed by atoms with Crippen molar-refractivity contribution in [2.45, 2.75) is 19.4 Å².